The number of rotatable bonds is 6. The Morgan fingerprint density at radius 2 is 1.91 bits per heavy atom. The lowest BCUT2D eigenvalue weighted by Gasteiger charge is -2.16. The van der Waals surface area contributed by atoms with Crippen LogP contribution in [-0.4, -0.2) is 36.3 Å². The molecule has 1 unspecified atom stereocenters. The molecule has 10 heteroatoms. The van der Waals surface area contributed by atoms with Crippen molar-refractivity contribution >= 4 is 17.6 Å². The van der Waals surface area contributed by atoms with Gasteiger partial charge in [-0.25, -0.2) is 4.39 Å². The molecule has 2 heterocycles. The Hall–Kier alpha value is -2.78. The van der Waals surface area contributed by atoms with Crippen LogP contribution in [-0.2, 0) is 6.42 Å². The van der Waals surface area contributed by atoms with E-state index >= 15 is 0 Å². The molecule has 1 aliphatic heterocycles. The molecule has 3 aliphatic rings. The van der Waals surface area contributed by atoms with Crippen LogP contribution in [0.4, 0.5) is 29.3 Å². The number of hydrogen-bond acceptors (Lipinski definition) is 5. The van der Waals surface area contributed by atoms with E-state index in [9.17, 15) is 22.4 Å². The van der Waals surface area contributed by atoms with Gasteiger partial charge in [0.2, 0.25) is 0 Å². The van der Waals surface area contributed by atoms with Crippen LogP contribution >= 0.6 is 0 Å². The summed E-state index contributed by atoms with van der Waals surface area (Å²) in [5.74, 6) is -0.595. The van der Waals surface area contributed by atoms with Crippen LogP contribution in [0.3, 0.4) is 0 Å². The summed E-state index contributed by atoms with van der Waals surface area (Å²) in [5.41, 5.74) is -0.354. The zero-order valence-corrected chi connectivity index (χ0v) is 17.3. The summed E-state index contributed by atoms with van der Waals surface area (Å²) in [6.07, 6.45) is -1.16. The molecule has 172 valence electrons. The fraction of sp³-hybridized carbons (Fsp3) is 0.545. The highest BCUT2D eigenvalue weighted by atomic mass is 19.4. The van der Waals surface area contributed by atoms with E-state index in [2.05, 4.69) is 10.3 Å². The third-order valence-corrected chi connectivity index (χ3v) is 6.32. The lowest BCUT2D eigenvalue weighted by atomic mass is 10.2. The lowest BCUT2D eigenvalue weighted by molar-refractivity contribution is -0.130. The molecule has 3 atom stereocenters. The first-order valence-electron chi connectivity index (χ1n) is 10.8. The zero-order valence-electron chi connectivity index (χ0n) is 17.3. The Labute approximate surface area is 181 Å². The summed E-state index contributed by atoms with van der Waals surface area (Å²) in [7, 11) is 0. The molecule has 32 heavy (non-hydrogen) atoms. The summed E-state index contributed by atoms with van der Waals surface area (Å²) < 4.78 is 64.5. The van der Waals surface area contributed by atoms with Crippen LogP contribution < -0.4 is 15.0 Å². The van der Waals surface area contributed by atoms with E-state index in [1.807, 2.05) is 0 Å². The lowest BCUT2D eigenvalue weighted by Crippen LogP contribution is -2.19. The zero-order chi connectivity index (χ0) is 22.5. The summed E-state index contributed by atoms with van der Waals surface area (Å²) in [4.78, 5) is 18.4. The highest BCUT2D eigenvalue weighted by molar-refractivity contribution is 6.03. The van der Waals surface area contributed by atoms with Crippen LogP contribution in [0.5, 0.6) is 5.75 Å². The van der Waals surface area contributed by atoms with Crippen LogP contribution in [0.1, 0.15) is 48.4 Å². The Morgan fingerprint density at radius 1 is 1.19 bits per heavy atom. The third-order valence-electron chi connectivity index (χ3n) is 6.32. The Morgan fingerprint density at radius 3 is 2.56 bits per heavy atom. The van der Waals surface area contributed by atoms with Gasteiger partial charge in [0.25, 0.3) is 11.9 Å². The van der Waals surface area contributed by atoms with E-state index in [-0.39, 0.29) is 23.6 Å². The first-order chi connectivity index (χ1) is 15.2. The minimum Gasteiger partial charge on any atom is -0.487 e. The van der Waals surface area contributed by atoms with Gasteiger partial charge in [-0.05, 0) is 56.1 Å². The molecule has 1 amide bonds. The number of halogens is 4. The number of nitrogens with one attached hydrogen (secondary N) is 1. The number of hydrogen-bond donors (Lipinski definition) is 1. The second kappa shape index (κ2) is 7.97. The molecular weight excluding hydrogens is 430 g/mol. The average Bonchev–Trinajstić information content (AvgIpc) is 3.14. The molecule has 3 fully saturated rings. The van der Waals surface area contributed by atoms with Crippen LogP contribution in [0.15, 0.2) is 22.6 Å². The number of anilines is 2. The summed E-state index contributed by atoms with van der Waals surface area (Å²) in [6.45, 7) is 1.20. The van der Waals surface area contributed by atoms with Crippen molar-refractivity contribution < 1.29 is 31.5 Å². The molecule has 0 bridgehead atoms. The predicted molar refractivity (Wildman–Crippen MR) is 107 cm³/mol. The highest BCUT2D eigenvalue weighted by Crippen LogP contribution is 2.52. The number of carbonyl (C=O) groups is 1. The Kier molecular flexibility index (Phi) is 5.25. The quantitative estimate of drug-likeness (QED) is 0.627. The largest absolute Gasteiger partial charge is 0.487 e. The summed E-state index contributed by atoms with van der Waals surface area (Å²) in [5, 5.41) is 2.42. The fourth-order valence-electron chi connectivity index (χ4n) is 4.66. The van der Waals surface area contributed by atoms with Gasteiger partial charge < -0.3 is 19.4 Å². The third kappa shape index (κ3) is 4.54. The molecule has 1 aromatic carbocycles. The normalized spacial score (nSPS) is 24.5. The molecule has 6 nitrogen and oxygen atoms in total. The molecule has 5 rings (SSSR count). The van der Waals surface area contributed by atoms with Crippen LogP contribution in [0.25, 0.3) is 0 Å². The van der Waals surface area contributed by atoms with Gasteiger partial charge in [-0.2, -0.15) is 18.2 Å². The molecule has 0 spiro atoms. The second-order valence-electron chi connectivity index (χ2n) is 8.82. The fourth-order valence-corrected chi connectivity index (χ4v) is 4.66. The van der Waals surface area contributed by atoms with Gasteiger partial charge in [-0.15, -0.1) is 0 Å². The Bertz CT molecular complexity index is 1010. The van der Waals surface area contributed by atoms with E-state index < -0.39 is 35.8 Å². The number of nitrogens with zero attached hydrogens (tertiary/aromatic N) is 2. The topological polar surface area (TPSA) is 67.6 Å². The van der Waals surface area contributed by atoms with Gasteiger partial charge in [0.1, 0.15) is 12.2 Å². The van der Waals surface area contributed by atoms with Crippen molar-refractivity contribution in [3.05, 3.63) is 35.5 Å². The molecule has 1 aromatic heterocycles. The first kappa shape index (κ1) is 21.1. The molecule has 1 N–H and O–H groups in total. The maximum Gasteiger partial charge on any atom is 0.396 e. The number of fused-ring (bicyclic) bond motifs is 1. The van der Waals surface area contributed by atoms with Crippen molar-refractivity contribution in [2.45, 2.75) is 50.8 Å². The van der Waals surface area contributed by atoms with Crippen molar-refractivity contribution in [1.29, 1.82) is 0 Å². The number of benzene rings is 1. The van der Waals surface area contributed by atoms with Crippen LogP contribution in [0, 0.1) is 17.7 Å². The Balaban J connectivity index is 1.30. The SMILES string of the molecule is O=C(Nc1ccc(O[C@@H]2CC3C[C@@H]3C2)c(F)c1)c1nc(N2CCCC2)oc1CC(F)(F)F. The minimum atomic E-state index is -4.57. The van der Waals surface area contributed by atoms with E-state index in [0.29, 0.717) is 24.9 Å². The minimum absolute atomic E-state index is 0.00208. The first-order valence-corrected chi connectivity index (χ1v) is 10.8. The monoisotopic (exact) mass is 453 g/mol. The maximum absolute atomic E-state index is 14.5. The van der Waals surface area contributed by atoms with E-state index in [1.165, 1.54) is 18.6 Å². The molecule has 2 aromatic rings. The van der Waals surface area contributed by atoms with Gasteiger partial charge in [0.05, 0.1) is 6.10 Å². The van der Waals surface area contributed by atoms with Gasteiger partial charge >= 0.3 is 6.18 Å². The molecule has 2 saturated carbocycles. The maximum atomic E-state index is 14.5. The van der Waals surface area contributed by atoms with Crippen molar-refractivity contribution in [3.63, 3.8) is 0 Å². The number of oxazole rings is 1. The van der Waals surface area contributed by atoms with Crippen molar-refractivity contribution in [2.75, 3.05) is 23.3 Å². The van der Waals surface area contributed by atoms with Crippen LogP contribution in [0.2, 0.25) is 0 Å². The average molecular weight is 453 g/mol. The van der Waals surface area contributed by atoms with Gasteiger partial charge in [-0.3, -0.25) is 4.79 Å². The van der Waals surface area contributed by atoms with Crippen molar-refractivity contribution in [3.8, 4) is 5.75 Å². The van der Waals surface area contributed by atoms with E-state index in [0.717, 1.165) is 31.7 Å². The standard InChI is InChI=1S/C22H23F4N3O3/c23-16-10-14(3-4-17(16)31-15-8-12-7-13(12)9-15)27-20(30)19-18(11-22(24,25)26)32-21(28-19)29-5-1-2-6-29/h3-4,10,12-13,15H,1-2,5-9,11H2,(H,27,30)/t12-,13?,15+/m1/s1. The van der Waals surface area contributed by atoms with Gasteiger partial charge in [-0.1, -0.05) is 0 Å². The molecule has 2 aliphatic carbocycles. The predicted octanol–water partition coefficient (Wildman–Crippen LogP) is 4.95. The molecule has 1 saturated heterocycles. The molecular formula is C22H23F4N3O3. The van der Waals surface area contributed by atoms with Crippen molar-refractivity contribution in [1.82, 2.24) is 4.98 Å². The van der Waals surface area contributed by atoms with Gasteiger partial charge in [0.15, 0.2) is 17.3 Å². The van der Waals surface area contributed by atoms with Crippen molar-refractivity contribution in [2.24, 2.45) is 11.8 Å². The smallest absolute Gasteiger partial charge is 0.396 e. The van der Waals surface area contributed by atoms with Gasteiger partial charge in [0, 0.05) is 24.8 Å². The summed E-state index contributed by atoms with van der Waals surface area (Å²) >= 11 is 0. The summed E-state index contributed by atoms with van der Waals surface area (Å²) in [6, 6.07) is 3.96. The second-order valence-corrected chi connectivity index (χ2v) is 8.82. The number of ether oxygens (including phenoxy) is 1. The number of carbonyl (C=O) groups excluding carboxylic acids is 1. The number of alkyl halides is 3. The van der Waals surface area contributed by atoms with E-state index in [1.54, 1.807) is 4.90 Å². The number of amides is 1. The number of aromatic nitrogens is 1. The molecule has 0 radical (unpaired) electrons. The van der Waals surface area contributed by atoms with E-state index in [4.69, 9.17) is 9.15 Å². The highest BCUT2D eigenvalue weighted by Gasteiger charge is 2.47.